The first-order valence-corrected chi connectivity index (χ1v) is 8.67. The highest BCUT2D eigenvalue weighted by Crippen LogP contribution is 2.22. The van der Waals surface area contributed by atoms with Gasteiger partial charge in [0.2, 0.25) is 0 Å². The van der Waals surface area contributed by atoms with Gasteiger partial charge in [-0.15, -0.1) is 0 Å². The number of unbranched alkanes of at least 4 members (excludes halogenated alkanes) is 2. The Bertz CT molecular complexity index is 614. The summed E-state index contributed by atoms with van der Waals surface area (Å²) < 4.78 is 5.20. The van der Waals surface area contributed by atoms with Crippen molar-refractivity contribution in [3.63, 3.8) is 0 Å². The average Bonchev–Trinajstić information content (AvgIpc) is 2.77. The minimum Gasteiger partial charge on any atom is -0.459 e. The van der Waals surface area contributed by atoms with Crippen LogP contribution in [0.5, 0.6) is 0 Å². The Morgan fingerprint density at radius 2 is 1.64 bits per heavy atom. The molecule has 136 valence electrons. The van der Waals surface area contributed by atoms with Crippen LogP contribution in [0.1, 0.15) is 60.7 Å². The Morgan fingerprint density at radius 1 is 1.04 bits per heavy atom. The van der Waals surface area contributed by atoms with E-state index in [9.17, 15) is 14.4 Å². The van der Waals surface area contributed by atoms with Crippen LogP contribution in [0.15, 0.2) is 24.3 Å². The molecule has 2 amide bonds. The summed E-state index contributed by atoms with van der Waals surface area (Å²) in [6, 6.07) is 6.92. The fraction of sp³-hybridized carbons (Fsp3) is 0.526. The van der Waals surface area contributed by atoms with Gasteiger partial charge in [-0.1, -0.05) is 18.6 Å². The van der Waals surface area contributed by atoms with E-state index in [1.807, 2.05) is 20.8 Å². The molecule has 1 aromatic carbocycles. The van der Waals surface area contributed by atoms with E-state index in [1.54, 1.807) is 24.3 Å². The van der Waals surface area contributed by atoms with Gasteiger partial charge in [0.1, 0.15) is 5.60 Å². The molecule has 0 aromatic heterocycles. The van der Waals surface area contributed by atoms with E-state index in [2.05, 4.69) is 5.32 Å². The number of carbonyl (C=O) groups is 3. The smallest absolute Gasteiger partial charge is 0.320 e. The number of amides is 2. The highest BCUT2D eigenvalue weighted by Gasteiger charge is 2.34. The van der Waals surface area contributed by atoms with Gasteiger partial charge in [-0.05, 0) is 52.3 Å². The van der Waals surface area contributed by atoms with E-state index in [4.69, 9.17) is 4.74 Å². The van der Waals surface area contributed by atoms with Gasteiger partial charge >= 0.3 is 5.97 Å². The number of rotatable bonds is 8. The third-order valence-electron chi connectivity index (χ3n) is 3.80. The van der Waals surface area contributed by atoms with Crippen LogP contribution in [-0.4, -0.2) is 47.9 Å². The molecule has 1 aliphatic rings. The van der Waals surface area contributed by atoms with Gasteiger partial charge in [-0.3, -0.25) is 19.3 Å². The first-order valence-electron chi connectivity index (χ1n) is 8.67. The normalized spacial score (nSPS) is 14.0. The Balaban J connectivity index is 1.61. The van der Waals surface area contributed by atoms with Gasteiger partial charge < -0.3 is 10.1 Å². The fourth-order valence-electron chi connectivity index (χ4n) is 2.71. The number of fused-ring (bicyclic) bond motifs is 1. The summed E-state index contributed by atoms with van der Waals surface area (Å²) in [4.78, 5) is 37.3. The second-order valence-electron chi connectivity index (χ2n) is 7.13. The minimum absolute atomic E-state index is 0.190. The number of ether oxygens (including phenoxy) is 1. The van der Waals surface area contributed by atoms with Gasteiger partial charge in [0.25, 0.3) is 11.8 Å². The van der Waals surface area contributed by atoms with E-state index in [1.165, 1.54) is 4.90 Å². The molecule has 1 heterocycles. The summed E-state index contributed by atoms with van der Waals surface area (Å²) in [7, 11) is 0. The molecular formula is C19H26N2O4. The maximum absolute atomic E-state index is 12.2. The predicted octanol–water partition coefficient (Wildman–Crippen LogP) is 2.38. The number of carbonyl (C=O) groups excluding carboxylic acids is 3. The molecule has 0 saturated heterocycles. The molecular weight excluding hydrogens is 320 g/mol. The number of esters is 1. The molecule has 0 atom stereocenters. The van der Waals surface area contributed by atoms with Gasteiger partial charge in [-0.25, -0.2) is 0 Å². The van der Waals surface area contributed by atoms with Crippen LogP contribution in [-0.2, 0) is 9.53 Å². The molecule has 2 rings (SSSR count). The molecule has 0 fully saturated rings. The standard InChI is InChI=1S/C19H26N2O4/c1-19(2,3)25-16(22)13-20-11-7-4-8-12-21-17(23)14-9-5-6-10-15(14)18(21)24/h5-6,9-10,20H,4,7-8,11-13H2,1-3H3. The zero-order chi connectivity index (χ0) is 18.4. The number of imide groups is 1. The Kier molecular flexibility index (Phi) is 6.31. The monoisotopic (exact) mass is 346 g/mol. The summed E-state index contributed by atoms with van der Waals surface area (Å²) >= 11 is 0. The highest BCUT2D eigenvalue weighted by molar-refractivity contribution is 6.21. The molecule has 6 nitrogen and oxygen atoms in total. The van der Waals surface area contributed by atoms with Crippen LogP contribution in [0.25, 0.3) is 0 Å². The van der Waals surface area contributed by atoms with Crippen LogP contribution < -0.4 is 5.32 Å². The van der Waals surface area contributed by atoms with Gasteiger partial charge in [0, 0.05) is 6.54 Å². The first kappa shape index (κ1) is 19.1. The molecule has 6 heteroatoms. The van der Waals surface area contributed by atoms with Gasteiger partial charge in [0.05, 0.1) is 17.7 Å². The second-order valence-corrected chi connectivity index (χ2v) is 7.13. The van der Waals surface area contributed by atoms with Crippen molar-refractivity contribution in [3.8, 4) is 0 Å². The fourth-order valence-corrected chi connectivity index (χ4v) is 2.71. The second kappa shape index (κ2) is 8.25. The van der Waals surface area contributed by atoms with Crippen LogP contribution >= 0.6 is 0 Å². The summed E-state index contributed by atoms with van der Waals surface area (Å²) in [6.45, 7) is 6.83. The lowest BCUT2D eigenvalue weighted by Gasteiger charge is -2.19. The highest BCUT2D eigenvalue weighted by atomic mass is 16.6. The first-order chi connectivity index (χ1) is 11.8. The number of nitrogens with one attached hydrogen (secondary N) is 1. The molecule has 0 unspecified atom stereocenters. The number of nitrogens with zero attached hydrogens (tertiary/aromatic N) is 1. The summed E-state index contributed by atoms with van der Waals surface area (Å²) in [5.41, 5.74) is 0.517. The summed E-state index contributed by atoms with van der Waals surface area (Å²) in [5, 5.41) is 3.05. The average molecular weight is 346 g/mol. The molecule has 1 aromatic rings. The lowest BCUT2D eigenvalue weighted by molar-refractivity contribution is -0.153. The van der Waals surface area contributed by atoms with E-state index in [0.717, 1.165) is 19.3 Å². The van der Waals surface area contributed by atoms with Crippen LogP contribution in [0, 0.1) is 0 Å². The zero-order valence-corrected chi connectivity index (χ0v) is 15.1. The van der Waals surface area contributed by atoms with E-state index < -0.39 is 5.60 Å². The summed E-state index contributed by atoms with van der Waals surface area (Å²) in [5.74, 6) is -0.675. The maximum Gasteiger partial charge on any atom is 0.320 e. The Labute approximate surface area is 148 Å². The SMILES string of the molecule is CC(C)(C)OC(=O)CNCCCCCN1C(=O)c2ccccc2C1=O. The molecule has 0 radical (unpaired) electrons. The molecule has 1 aliphatic heterocycles. The number of hydrogen-bond acceptors (Lipinski definition) is 5. The number of benzene rings is 1. The van der Waals surface area contributed by atoms with Crippen molar-refractivity contribution in [1.29, 1.82) is 0 Å². The third-order valence-corrected chi connectivity index (χ3v) is 3.80. The van der Waals surface area contributed by atoms with E-state index >= 15 is 0 Å². The Hall–Kier alpha value is -2.21. The van der Waals surface area contributed by atoms with Gasteiger partial charge in [0.15, 0.2) is 0 Å². The van der Waals surface area contributed by atoms with Crippen molar-refractivity contribution in [2.75, 3.05) is 19.6 Å². The van der Waals surface area contributed by atoms with Crippen molar-refractivity contribution in [2.24, 2.45) is 0 Å². The minimum atomic E-state index is -0.467. The molecule has 1 N–H and O–H groups in total. The largest absolute Gasteiger partial charge is 0.459 e. The van der Waals surface area contributed by atoms with Crippen LogP contribution in [0.4, 0.5) is 0 Å². The Morgan fingerprint density at radius 3 is 2.20 bits per heavy atom. The van der Waals surface area contributed by atoms with Crippen LogP contribution in [0.2, 0.25) is 0 Å². The van der Waals surface area contributed by atoms with E-state index in [0.29, 0.717) is 24.2 Å². The maximum atomic E-state index is 12.2. The topological polar surface area (TPSA) is 75.7 Å². The lowest BCUT2D eigenvalue weighted by atomic mass is 10.1. The van der Waals surface area contributed by atoms with Crippen molar-refractivity contribution in [1.82, 2.24) is 10.2 Å². The lowest BCUT2D eigenvalue weighted by Crippen LogP contribution is -2.32. The zero-order valence-electron chi connectivity index (χ0n) is 15.1. The third kappa shape index (κ3) is 5.39. The number of hydrogen-bond donors (Lipinski definition) is 1. The van der Waals surface area contributed by atoms with E-state index in [-0.39, 0.29) is 24.3 Å². The molecule has 0 bridgehead atoms. The van der Waals surface area contributed by atoms with Crippen molar-refractivity contribution in [2.45, 2.75) is 45.6 Å². The molecule has 25 heavy (non-hydrogen) atoms. The quantitative estimate of drug-likeness (QED) is 0.444. The predicted molar refractivity (Wildman–Crippen MR) is 94.4 cm³/mol. The van der Waals surface area contributed by atoms with Crippen molar-refractivity contribution >= 4 is 17.8 Å². The van der Waals surface area contributed by atoms with Crippen molar-refractivity contribution in [3.05, 3.63) is 35.4 Å². The van der Waals surface area contributed by atoms with Crippen molar-refractivity contribution < 1.29 is 19.1 Å². The summed E-state index contributed by atoms with van der Waals surface area (Å²) in [6.07, 6.45) is 2.49. The molecule has 0 aliphatic carbocycles. The van der Waals surface area contributed by atoms with Crippen LogP contribution in [0.3, 0.4) is 0 Å². The molecule has 0 spiro atoms. The molecule has 0 saturated carbocycles. The van der Waals surface area contributed by atoms with Gasteiger partial charge in [-0.2, -0.15) is 0 Å².